The molecule has 1 N–H and O–H groups in total. The van der Waals surface area contributed by atoms with Crippen molar-refractivity contribution in [3.63, 3.8) is 0 Å². The van der Waals surface area contributed by atoms with E-state index in [2.05, 4.69) is 9.97 Å². The second-order valence-electron chi connectivity index (χ2n) is 1.33. The van der Waals surface area contributed by atoms with Crippen LogP contribution in [0.15, 0.2) is 6.20 Å². The minimum absolute atomic E-state index is 0.516. The largest absolute Gasteiger partial charge is 0.321 e. The predicted octanol–water partition coefficient (Wildman–Crippen LogP) is 0.857. The standard InChI is InChI=1S/C4H5FN2/c1-3-2-6-4(5)7-3/h2H,1H3,(H,6,7). The molecule has 0 amide bonds. The third-order valence-corrected chi connectivity index (χ3v) is 0.675. The van der Waals surface area contributed by atoms with Crippen LogP contribution >= 0.6 is 0 Å². The summed E-state index contributed by atoms with van der Waals surface area (Å²) in [5.41, 5.74) is 0.678. The van der Waals surface area contributed by atoms with Crippen LogP contribution in [0.25, 0.3) is 0 Å². The van der Waals surface area contributed by atoms with Gasteiger partial charge in [0.1, 0.15) is 0 Å². The molecular formula is C4H5FN2. The number of aromatic nitrogens is 2. The Bertz CT molecular complexity index is 142. The number of hydrogen-bond donors (Lipinski definition) is 1. The summed E-state index contributed by atoms with van der Waals surface area (Å²) in [7, 11) is 0. The number of rotatable bonds is 0. The third-order valence-electron chi connectivity index (χ3n) is 0.675. The van der Waals surface area contributed by atoms with Gasteiger partial charge < -0.3 is 4.98 Å². The number of imidazole rings is 1. The van der Waals surface area contributed by atoms with E-state index in [1.165, 1.54) is 6.20 Å². The second-order valence-corrected chi connectivity index (χ2v) is 1.33. The molecule has 0 aliphatic rings. The van der Waals surface area contributed by atoms with E-state index in [1.807, 2.05) is 0 Å². The highest BCUT2D eigenvalue weighted by Crippen LogP contribution is 1.89. The summed E-state index contributed by atoms with van der Waals surface area (Å²) >= 11 is 0. The fourth-order valence-corrected chi connectivity index (χ4v) is 0.383. The van der Waals surface area contributed by atoms with Gasteiger partial charge in [-0.2, -0.15) is 4.39 Å². The molecule has 38 valence electrons. The normalized spacial score (nSPS) is 9.43. The first-order valence-electron chi connectivity index (χ1n) is 1.96. The van der Waals surface area contributed by atoms with Gasteiger partial charge in [0.05, 0.1) is 5.69 Å². The Morgan fingerprint density at radius 3 is 2.71 bits per heavy atom. The fourth-order valence-electron chi connectivity index (χ4n) is 0.383. The third kappa shape index (κ3) is 0.765. The van der Waals surface area contributed by atoms with Crippen LogP contribution in [0, 0.1) is 13.0 Å². The van der Waals surface area contributed by atoms with Gasteiger partial charge in [-0.25, -0.2) is 4.98 Å². The number of hydrogen-bond acceptors (Lipinski definition) is 1. The van der Waals surface area contributed by atoms with E-state index in [0.29, 0.717) is 5.69 Å². The van der Waals surface area contributed by atoms with E-state index in [4.69, 9.17) is 0 Å². The summed E-state index contributed by atoms with van der Waals surface area (Å²) in [5.74, 6) is 0. The Kier molecular flexibility index (Phi) is 0.817. The lowest BCUT2D eigenvalue weighted by Crippen LogP contribution is -1.71. The Hall–Kier alpha value is -0.860. The second kappa shape index (κ2) is 1.33. The van der Waals surface area contributed by atoms with Gasteiger partial charge in [-0.15, -0.1) is 0 Å². The van der Waals surface area contributed by atoms with E-state index >= 15 is 0 Å². The summed E-state index contributed by atoms with van der Waals surface area (Å²) in [6, 6.07) is 0. The topological polar surface area (TPSA) is 28.7 Å². The van der Waals surface area contributed by atoms with Crippen molar-refractivity contribution in [2.75, 3.05) is 0 Å². The predicted molar refractivity (Wildman–Crippen MR) is 23.3 cm³/mol. The van der Waals surface area contributed by atoms with Crippen LogP contribution in [0.1, 0.15) is 5.69 Å². The first kappa shape index (κ1) is 4.30. The summed E-state index contributed by atoms with van der Waals surface area (Å²) < 4.78 is 11.8. The Morgan fingerprint density at radius 2 is 2.57 bits per heavy atom. The summed E-state index contributed by atoms with van der Waals surface area (Å²) in [4.78, 5) is 5.68. The zero-order valence-corrected chi connectivity index (χ0v) is 3.90. The van der Waals surface area contributed by atoms with E-state index in [0.717, 1.165) is 0 Å². The van der Waals surface area contributed by atoms with Crippen LogP contribution in [-0.2, 0) is 0 Å². The maximum Gasteiger partial charge on any atom is 0.286 e. The fraction of sp³-hybridized carbons (Fsp3) is 0.250. The SMILES string of the molecule is Cc1c[nH]c(F)n1. The molecule has 0 bridgehead atoms. The Labute approximate surface area is 40.4 Å². The van der Waals surface area contributed by atoms with Crippen molar-refractivity contribution in [2.45, 2.75) is 6.92 Å². The van der Waals surface area contributed by atoms with Crippen molar-refractivity contribution < 1.29 is 4.39 Å². The molecule has 0 fully saturated rings. The maximum absolute atomic E-state index is 11.8. The molecule has 0 radical (unpaired) electrons. The van der Waals surface area contributed by atoms with Crippen LogP contribution in [0.5, 0.6) is 0 Å². The number of halogens is 1. The van der Waals surface area contributed by atoms with E-state index in [-0.39, 0.29) is 0 Å². The van der Waals surface area contributed by atoms with Crippen molar-refractivity contribution in [3.05, 3.63) is 18.0 Å². The molecule has 0 spiro atoms. The molecule has 1 aromatic rings. The van der Waals surface area contributed by atoms with Crippen molar-refractivity contribution in [3.8, 4) is 0 Å². The van der Waals surface area contributed by atoms with E-state index < -0.39 is 6.08 Å². The zero-order chi connectivity index (χ0) is 5.28. The molecule has 2 nitrogen and oxygen atoms in total. The summed E-state index contributed by atoms with van der Waals surface area (Å²) in [6.07, 6.45) is 0.993. The molecule has 7 heavy (non-hydrogen) atoms. The van der Waals surface area contributed by atoms with Gasteiger partial charge in [-0.05, 0) is 6.92 Å². The Balaban J connectivity index is 3.04. The average Bonchev–Trinajstić information content (AvgIpc) is 1.87. The van der Waals surface area contributed by atoms with Gasteiger partial charge in [-0.3, -0.25) is 0 Å². The van der Waals surface area contributed by atoms with Gasteiger partial charge in [0.25, 0.3) is 6.08 Å². The first-order chi connectivity index (χ1) is 3.29. The minimum atomic E-state index is -0.516. The number of nitrogens with zero attached hydrogens (tertiary/aromatic N) is 1. The summed E-state index contributed by atoms with van der Waals surface area (Å²) in [6.45, 7) is 1.72. The zero-order valence-electron chi connectivity index (χ0n) is 3.90. The molecule has 1 rings (SSSR count). The van der Waals surface area contributed by atoms with Crippen molar-refractivity contribution in [2.24, 2.45) is 0 Å². The van der Waals surface area contributed by atoms with Crippen LogP contribution < -0.4 is 0 Å². The molecule has 0 saturated heterocycles. The molecular weight excluding hydrogens is 95.1 g/mol. The lowest BCUT2D eigenvalue weighted by Gasteiger charge is -1.67. The smallest absolute Gasteiger partial charge is 0.286 e. The summed E-state index contributed by atoms with van der Waals surface area (Å²) in [5, 5.41) is 0. The van der Waals surface area contributed by atoms with Gasteiger partial charge in [0, 0.05) is 6.20 Å². The molecule has 0 atom stereocenters. The van der Waals surface area contributed by atoms with Crippen LogP contribution in [-0.4, -0.2) is 9.97 Å². The van der Waals surface area contributed by atoms with Gasteiger partial charge >= 0.3 is 0 Å². The average molecular weight is 100 g/mol. The molecule has 1 heterocycles. The molecule has 0 aliphatic carbocycles. The number of nitrogens with one attached hydrogen (secondary N) is 1. The van der Waals surface area contributed by atoms with E-state index in [9.17, 15) is 4.39 Å². The molecule has 1 aromatic heterocycles. The molecule has 0 saturated carbocycles. The number of H-pyrrole nitrogens is 1. The number of aryl methyl sites for hydroxylation is 1. The highest BCUT2D eigenvalue weighted by molar-refractivity contribution is 4.89. The molecule has 0 aromatic carbocycles. The highest BCUT2D eigenvalue weighted by atomic mass is 19.1. The van der Waals surface area contributed by atoms with Crippen molar-refractivity contribution >= 4 is 0 Å². The minimum Gasteiger partial charge on any atom is -0.321 e. The first-order valence-corrected chi connectivity index (χ1v) is 1.96. The van der Waals surface area contributed by atoms with Crippen LogP contribution in [0.3, 0.4) is 0 Å². The van der Waals surface area contributed by atoms with E-state index in [1.54, 1.807) is 6.92 Å². The maximum atomic E-state index is 11.8. The number of aromatic amines is 1. The van der Waals surface area contributed by atoms with Crippen molar-refractivity contribution in [1.82, 2.24) is 9.97 Å². The van der Waals surface area contributed by atoms with Gasteiger partial charge in [-0.1, -0.05) is 0 Å². The molecule has 0 unspecified atom stereocenters. The Morgan fingerprint density at radius 1 is 1.86 bits per heavy atom. The monoisotopic (exact) mass is 100 g/mol. The van der Waals surface area contributed by atoms with Crippen LogP contribution in [0.2, 0.25) is 0 Å². The highest BCUT2D eigenvalue weighted by Gasteiger charge is 1.88. The lowest BCUT2D eigenvalue weighted by atomic mass is 10.6. The van der Waals surface area contributed by atoms with Gasteiger partial charge in [0.15, 0.2) is 0 Å². The van der Waals surface area contributed by atoms with Gasteiger partial charge in [0.2, 0.25) is 0 Å². The van der Waals surface area contributed by atoms with Crippen molar-refractivity contribution in [1.29, 1.82) is 0 Å². The molecule has 0 aliphatic heterocycles. The lowest BCUT2D eigenvalue weighted by molar-refractivity contribution is 0.551. The quantitative estimate of drug-likeness (QED) is 0.514. The molecule has 3 heteroatoms. The van der Waals surface area contributed by atoms with Crippen LogP contribution in [0.4, 0.5) is 4.39 Å².